The van der Waals surface area contributed by atoms with Crippen LogP contribution in [0.15, 0.2) is 181 Å². The van der Waals surface area contributed by atoms with E-state index < -0.39 is 5.41 Å². The third-order valence-corrected chi connectivity index (χ3v) is 17.2. The molecule has 2 aromatic heterocycles. The Labute approximate surface area is 445 Å². The molecule has 0 fully saturated rings. The molecular weight excluding hydrogens is 906 g/mol. The average Bonchev–Trinajstić information content (AvgIpc) is 4.15. The Kier molecular flexibility index (Phi) is 10.0. The summed E-state index contributed by atoms with van der Waals surface area (Å²) in [6.45, 7) is 33.1. The van der Waals surface area contributed by atoms with E-state index in [0.717, 1.165) is 0 Å². The van der Waals surface area contributed by atoms with Crippen molar-refractivity contribution in [3.63, 3.8) is 0 Å². The number of nitrogens with zero attached hydrogens (tertiary/aromatic N) is 3. The number of rotatable bonds is 4. The maximum absolute atomic E-state index is 2.83. The number of hydrogen-bond acceptors (Lipinski definition) is 1. The Morgan fingerprint density at radius 3 is 1.56 bits per heavy atom. The number of allylic oxidation sites excluding steroid dienone is 3. The van der Waals surface area contributed by atoms with E-state index in [-0.39, 0.29) is 28.5 Å². The summed E-state index contributed by atoms with van der Waals surface area (Å²) in [5, 5.41) is 5.22. The first kappa shape index (κ1) is 47.4. The van der Waals surface area contributed by atoms with Crippen LogP contribution in [0.4, 0.5) is 11.4 Å². The van der Waals surface area contributed by atoms with Gasteiger partial charge in [-0.1, -0.05) is 206 Å². The predicted molar refractivity (Wildman–Crippen MR) is 324 cm³/mol. The summed E-state index contributed by atoms with van der Waals surface area (Å²) in [5.74, 6) is 0. The molecule has 0 unspecified atom stereocenters. The molecule has 13 rings (SSSR count). The lowest BCUT2D eigenvalue weighted by molar-refractivity contribution is 0.586. The minimum absolute atomic E-state index is 0.00494. The summed E-state index contributed by atoms with van der Waals surface area (Å²) >= 11 is 0. The van der Waals surface area contributed by atoms with Gasteiger partial charge in [-0.05, 0) is 143 Å². The van der Waals surface area contributed by atoms with Crippen molar-refractivity contribution in [2.24, 2.45) is 5.41 Å². The average molecular weight is 976 g/mol. The molecule has 75 heavy (non-hydrogen) atoms. The molecular formula is C71H70BN3. The number of anilines is 2. The third-order valence-electron chi connectivity index (χ3n) is 17.2. The predicted octanol–water partition coefficient (Wildman–Crippen LogP) is 18.4. The fraction of sp³-hybridized carbons (Fsp3) is 0.268. The van der Waals surface area contributed by atoms with Crippen molar-refractivity contribution in [3.05, 3.63) is 214 Å². The number of para-hydroxylation sites is 1. The Hall–Kier alpha value is -7.30. The van der Waals surface area contributed by atoms with Gasteiger partial charge in [0.25, 0.3) is 0 Å². The molecule has 2 aliphatic heterocycles. The second-order valence-electron chi connectivity index (χ2n) is 26.7. The summed E-state index contributed by atoms with van der Waals surface area (Å²) in [4.78, 5) is 2.72. The molecule has 0 atom stereocenters. The Morgan fingerprint density at radius 1 is 0.440 bits per heavy atom. The van der Waals surface area contributed by atoms with Gasteiger partial charge in [0.15, 0.2) is 0 Å². The zero-order valence-electron chi connectivity index (χ0n) is 46.6. The van der Waals surface area contributed by atoms with E-state index >= 15 is 0 Å². The first-order valence-electron chi connectivity index (χ1n) is 27.4. The highest BCUT2D eigenvalue weighted by Crippen LogP contribution is 2.62. The maximum atomic E-state index is 2.83. The van der Waals surface area contributed by atoms with Crippen molar-refractivity contribution in [1.29, 1.82) is 0 Å². The van der Waals surface area contributed by atoms with E-state index in [2.05, 4.69) is 281 Å². The van der Waals surface area contributed by atoms with Crippen molar-refractivity contribution in [2.75, 3.05) is 4.90 Å². The molecule has 0 saturated carbocycles. The van der Waals surface area contributed by atoms with Crippen LogP contribution in [0.25, 0.3) is 71.6 Å². The van der Waals surface area contributed by atoms with Crippen LogP contribution in [0.1, 0.15) is 130 Å². The van der Waals surface area contributed by atoms with Gasteiger partial charge < -0.3 is 13.9 Å². The van der Waals surface area contributed by atoms with Crippen molar-refractivity contribution in [2.45, 2.75) is 119 Å². The zero-order valence-corrected chi connectivity index (χ0v) is 46.6. The van der Waals surface area contributed by atoms with Crippen molar-refractivity contribution in [1.82, 2.24) is 9.05 Å². The second-order valence-corrected chi connectivity index (χ2v) is 26.7. The molecule has 0 radical (unpaired) electrons. The van der Waals surface area contributed by atoms with Crippen molar-refractivity contribution < 1.29 is 0 Å². The molecule has 1 aliphatic carbocycles. The van der Waals surface area contributed by atoms with Crippen LogP contribution in [0, 0.1) is 5.41 Å². The van der Waals surface area contributed by atoms with E-state index in [9.17, 15) is 0 Å². The van der Waals surface area contributed by atoms with Crippen LogP contribution >= 0.6 is 0 Å². The number of fused-ring (bicyclic) bond motifs is 10. The standard InChI is InChI=1S/C71H70BN3/c1-67(2,3)45-30-34-50(35-31-45)74-58-41-48(70(10,11)12)40-54-61-60-53-39-47(69(7,8)9)32-36-55(53)73(49-28-22-17-23-29-49)57(60)42-52-51-38-46(68(4,5)6)33-37-56(51)75(65(52)61)72(63(54)58)64-59(43-24-18-15-19-25-43)62(71(13,14)66(64)74)44-26-20-16-21-27-44/h15-42H,1-14H3. The SMILES string of the molecule is CC1(C)C(c2ccccc2)=C(c2ccccc2)C2=C1N(c1ccc(C(C)(C)C)cc1)c1cc(C(C)(C)C)cc3c1B2n1c2ccc(C(C)(C)C)cc2c2cc4c(c-3c21)c1cc(C(C)(C)C)ccc1n4-c1ccccc1. The van der Waals surface area contributed by atoms with Gasteiger partial charge in [-0.25, -0.2) is 0 Å². The minimum Gasteiger partial charge on any atom is -0.375 e. The molecule has 0 spiro atoms. The Morgan fingerprint density at radius 2 is 0.973 bits per heavy atom. The summed E-state index contributed by atoms with van der Waals surface area (Å²) in [6, 6.07) is 65.8. The Balaban J connectivity index is 1.30. The monoisotopic (exact) mass is 976 g/mol. The fourth-order valence-corrected chi connectivity index (χ4v) is 13.4. The van der Waals surface area contributed by atoms with Crippen LogP contribution in [0.3, 0.4) is 0 Å². The molecule has 0 amide bonds. The fourth-order valence-electron chi connectivity index (χ4n) is 13.4. The second kappa shape index (κ2) is 15.9. The lowest BCUT2D eigenvalue weighted by Crippen LogP contribution is -2.51. The maximum Gasteiger partial charge on any atom is 0.333 e. The van der Waals surface area contributed by atoms with Crippen LogP contribution in [0.5, 0.6) is 0 Å². The molecule has 10 aromatic rings. The van der Waals surface area contributed by atoms with Gasteiger partial charge in [0.1, 0.15) is 0 Å². The minimum atomic E-state index is -0.432. The molecule has 0 saturated heterocycles. The first-order valence-corrected chi connectivity index (χ1v) is 27.4. The largest absolute Gasteiger partial charge is 0.375 e. The first-order chi connectivity index (χ1) is 35.5. The molecule has 4 heteroatoms. The lowest BCUT2D eigenvalue weighted by atomic mass is 9.43. The molecule has 372 valence electrons. The van der Waals surface area contributed by atoms with E-state index in [4.69, 9.17) is 0 Å². The summed E-state index contributed by atoms with van der Waals surface area (Å²) in [5.41, 5.74) is 25.3. The van der Waals surface area contributed by atoms with Crippen molar-refractivity contribution in [3.8, 4) is 16.8 Å². The van der Waals surface area contributed by atoms with Gasteiger partial charge in [0.05, 0.1) is 11.0 Å². The molecule has 0 bridgehead atoms. The summed E-state index contributed by atoms with van der Waals surface area (Å²) in [6.07, 6.45) is 0. The van der Waals surface area contributed by atoms with Crippen LogP contribution in [-0.2, 0) is 21.7 Å². The van der Waals surface area contributed by atoms with Crippen LogP contribution in [0.2, 0.25) is 0 Å². The van der Waals surface area contributed by atoms with Gasteiger partial charge in [-0.15, -0.1) is 0 Å². The zero-order chi connectivity index (χ0) is 52.5. The molecule has 3 nitrogen and oxygen atoms in total. The number of aromatic nitrogens is 2. The van der Waals surface area contributed by atoms with E-state index in [1.807, 2.05) is 0 Å². The van der Waals surface area contributed by atoms with Crippen molar-refractivity contribution >= 4 is 78.4 Å². The smallest absolute Gasteiger partial charge is 0.333 e. The summed E-state index contributed by atoms with van der Waals surface area (Å²) < 4.78 is 5.39. The van der Waals surface area contributed by atoms with Gasteiger partial charge in [-0.3, -0.25) is 0 Å². The topological polar surface area (TPSA) is 13.1 Å². The third kappa shape index (κ3) is 6.93. The van der Waals surface area contributed by atoms with Gasteiger partial charge in [0.2, 0.25) is 0 Å². The van der Waals surface area contributed by atoms with Gasteiger partial charge in [0, 0.05) is 66.3 Å². The van der Waals surface area contributed by atoms with Crippen LogP contribution in [-0.4, -0.2) is 15.9 Å². The molecule has 8 aromatic carbocycles. The normalized spacial score (nSPS) is 15.5. The highest BCUT2D eigenvalue weighted by Gasteiger charge is 2.54. The molecule has 4 heterocycles. The summed E-state index contributed by atoms with van der Waals surface area (Å²) in [7, 11) is 0. The van der Waals surface area contributed by atoms with Crippen LogP contribution < -0.4 is 10.4 Å². The quantitative estimate of drug-likeness (QED) is 0.160. The Bertz CT molecular complexity index is 4080. The van der Waals surface area contributed by atoms with E-state index in [0.29, 0.717) is 0 Å². The number of hydrogen-bond donors (Lipinski definition) is 0. The number of benzene rings is 8. The molecule has 0 N–H and O–H groups in total. The van der Waals surface area contributed by atoms with E-state index in [1.165, 1.54) is 133 Å². The van der Waals surface area contributed by atoms with Gasteiger partial charge in [-0.2, -0.15) is 0 Å². The molecule has 3 aliphatic rings. The highest BCUT2D eigenvalue weighted by atomic mass is 15.2. The van der Waals surface area contributed by atoms with Gasteiger partial charge >= 0.3 is 6.85 Å². The van der Waals surface area contributed by atoms with E-state index in [1.54, 1.807) is 0 Å². The lowest BCUT2D eigenvalue weighted by Gasteiger charge is -2.45. The highest BCUT2D eigenvalue weighted by molar-refractivity contribution is 6.87.